The molecule has 0 aromatic heterocycles. The second kappa shape index (κ2) is 5.45. The van der Waals surface area contributed by atoms with Gasteiger partial charge < -0.3 is 11.1 Å². The fraction of sp³-hybridized carbons (Fsp3) is 0.333. The molecule has 0 spiro atoms. The van der Waals surface area contributed by atoms with E-state index in [9.17, 15) is 0 Å². The predicted octanol–water partition coefficient (Wildman–Crippen LogP) is 2.20. The van der Waals surface area contributed by atoms with Gasteiger partial charge in [0.15, 0.2) is 0 Å². The van der Waals surface area contributed by atoms with Crippen molar-refractivity contribution in [2.24, 2.45) is 0 Å². The van der Waals surface area contributed by atoms with Crippen LogP contribution in [0.4, 0.5) is 5.69 Å². The first-order valence-electron chi connectivity index (χ1n) is 4.91. The van der Waals surface area contributed by atoms with Crippen LogP contribution in [0.25, 0.3) is 6.08 Å². The summed E-state index contributed by atoms with van der Waals surface area (Å²) in [5.74, 6) is 0. The van der Waals surface area contributed by atoms with Crippen molar-refractivity contribution >= 4 is 11.8 Å². The molecule has 1 aromatic carbocycles. The smallest absolute Gasteiger partial charge is 0.0317 e. The van der Waals surface area contributed by atoms with Crippen LogP contribution in [0.3, 0.4) is 0 Å². The van der Waals surface area contributed by atoms with Crippen LogP contribution in [0.2, 0.25) is 0 Å². The minimum absolute atomic E-state index is 0.829. The number of anilines is 1. The summed E-state index contributed by atoms with van der Waals surface area (Å²) in [6, 6.07) is 5.99. The van der Waals surface area contributed by atoms with Crippen LogP contribution < -0.4 is 11.1 Å². The van der Waals surface area contributed by atoms with Crippen molar-refractivity contribution in [1.29, 1.82) is 0 Å². The van der Waals surface area contributed by atoms with Crippen LogP contribution >= 0.6 is 0 Å². The highest BCUT2D eigenvalue weighted by Gasteiger charge is 1.93. The van der Waals surface area contributed by atoms with Gasteiger partial charge in [0.25, 0.3) is 0 Å². The van der Waals surface area contributed by atoms with Crippen LogP contribution in [0.5, 0.6) is 0 Å². The molecule has 0 atom stereocenters. The highest BCUT2D eigenvalue weighted by molar-refractivity contribution is 5.57. The molecule has 76 valence electrons. The number of benzene rings is 1. The molecule has 0 fully saturated rings. The first-order chi connectivity index (χ1) is 6.74. The van der Waals surface area contributed by atoms with Crippen molar-refractivity contribution in [2.45, 2.75) is 13.3 Å². The molecule has 0 aliphatic rings. The molecule has 0 unspecified atom stereocenters. The van der Waals surface area contributed by atoms with Gasteiger partial charge in [-0.25, -0.2) is 0 Å². The van der Waals surface area contributed by atoms with E-state index in [2.05, 4.69) is 30.5 Å². The summed E-state index contributed by atoms with van der Waals surface area (Å²) in [7, 11) is 1.96. The van der Waals surface area contributed by atoms with Crippen LogP contribution in [0.1, 0.15) is 17.5 Å². The lowest BCUT2D eigenvalue weighted by molar-refractivity contribution is 0.809. The van der Waals surface area contributed by atoms with E-state index in [1.165, 1.54) is 11.1 Å². The standard InChI is InChI=1S/C12H18N2/c1-10-9-12(13)7-6-11(10)5-3-4-8-14-2/h3,5-7,9,14H,4,8,13H2,1-2H3. The van der Waals surface area contributed by atoms with Crippen LogP contribution in [0.15, 0.2) is 24.3 Å². The lowest BCUT2D eigenvalue weighted by Crippen LogP contribution is -2.05. The van der Waals surface area contributed by atoms with E-state index in [0.717, 1.165) is 18.7 Å². The molecule has 0 bridgehead atoms. The fourth-order valence-corrected chi connectivity index (χ4v) is 1.32. The summed E-state index contributed by atoms with van der Waals surface area (Å²) < 4.78 is 0. The molecule has 2 nitrogen and oxygen atoms in total. The second-order valence-corrected chi connectivity index (χ2v) is 3.41. The third-order valence-electron chi connectivity index (χ3n) is 2.15. The molecule has 0 amide bonds. The molecule has 2 heteroatoms. The van der Waals surface area contributed by atoms with Gasteiger partial charge in [-0.1, -0.05) is 18.2 Å². The average molecular weight is 190 g/mol. The number of hydrogen-bond donors (Lipinski definition) is 2. The Labute approximate surface area is 85.8 Å². The van der Waals surface area contributed by atoms with Crippen LogP contribution in [-0.4, -0.2) is 13.6 Å². The van der Waals surface area contributed by atoms with Gasteiger partial charge in [-0.15, -0.1) is 0 Å². The summed E-state index contributed by atoms with van der Waals surface area (Å²) in [6.45, 7) is 3.10. The Hall–Kier alpha value is -1.28. The van der Waals surface area contributed by atoms with Gasteiger partial charge in [0, 0.05) is 5.69 Å². The van der Waals surface area contributed by atoms with Crippen molar-refractivity contribution in [1.82, 2.24) is 5.32 Å². The van der Waals surface area contributed by atoms with E-state index in [4.69, 9.17) is 5.73 Å². The van der Waals surface area contributed by atoms with Crippen molar-refractivity contribution in [3.8, 4) is 0 Å². The fourth-order valence-electron chi connectivity index (χ4n) is 1.32. The van der Waals surface area contributed by atoms with Crippen molar-refractivity contribution in [3.63, 3.8) is 0 Å². The lowest BCUT2D eigenvalue weighted by atomic mass is 10.1. The van der Waals surface area contributed by atoms with Crippen LogP contribution in [-0.2, 0) is 0 Å². The van der Waals surface area contributed by atoms with Crippen molar-refractivity contribution in [2.75, 3.05) is 19.3 Å². The maximum atomic E-state index is 5.67. The maximum Gasteiger partial charge on any atom is 0.0317 e. The van der Waals surface area contributed by atoms with Gasteiger partial charge in [-0.2, -0.15) is 0 Å². The summed E-state index contributed by atoms with van der Waals surface area (Å²) in [5.41, 5.74) is 8.97. The number of aryl methyl sites for hydroxylation is 1. The lowest BCUT2D eigenvalue weighted by Gasteiger charge is -2.01. The summed E-state index contributed by atoms with van der Waals surface area (Å²) in [6.07, 6.45) is 5.38. The Balaban J connectivity index is 2.62. The zero-order valence-electron chi connectivity index (χ0n) is 8.88. The molecule has 1 rings (SSSR count). The van der Waals surface area contributed by atoms with E-state index >= 15 is 0 Å². The van der Waals surface area contributed by atoms with E-state index < -0.39 is 0 Å². The second-order valence-electron chi connectivity index (χ2n) is 3.41. The Morgan fingerprint density at radius 3 is 2.86 bits per heavy atom. The third-order valence-corrected chi connectivity index (χ3v) is 2.15. The van der Waals surface area contributed by atoms with Gasteiger partial charge in [0.2, 0.25) is 0 Å². The molecule has 3 N–H and O–H groups in total. The van der Waals surface area contributed by atoms with Gasteiger partial charge in [-0.05, 0) is 50.2 Å². The summed E-state index contributed by atoms with van der Waals surface area (Å²) in [4.78, 5) is 0. The Kier molecular flexibility index (Phi) is 4.20. The molecule has 0 radical (unpaired) electrons. The molecular weight excluding hydrogens is 172 g/mol. The van der Waals surface area contributed by atoms with E-state index in [1.54, 1.807) is 0 Å². The number of nitrogens with one attached hydrogen (secondary N) is 1. The van der Waals surface area contributed by atoms with E-state index in [1.807, 2.05) is 19.2 Å². The minimum atomic E-state index is 0.829. The normalized spacial score (nSPS) is 11.0. The first-order valence-corrected chi connectivity index (χ1v) is 4.91. The zero-order chi connectivity index (χ0) is 10.4. The third kappa shape index (κ3) is 3.23. The number of nitrogens with two attached hydrogens (primary N) is 1. The molecule has 1 aromatic rings. The van der Waals surface area contributed by atoms with Gasteiger partial charge in [0.1, 0.15) is 0 Å². The largest absolute Gasteiger partial charge is 0.399 e. The minimum Gasteiger partial charge on any atom is -0.399 e. The topological polar surface area (TPSA) is 38.0 Å². The molecule has 0 heterocycles. The highest BCUT2D eigenvalue weighted by Crippen LogP contribution is 2.13. The van der Waals surface area contributed by atoms with Gasteiger partial charge >= 0.3 is 0 Å². The predicted molar refractivity (Wildman–Crippen MR) is 63.2 cm³/mol. The molecular formula is C12H18N2. The molecule has 0 aliphatic heterocycles. The Bertz CT molecular complexity index is 316. The monoisotopic (exact) mass is 190 g/mol. The SMILES string of the molecule is CNCCC=Cc1ccc(N)cc1C. The van der Waals surface area contributed by atoms with E-state index in [-0.39, 0.29) is 0 Å². The van der Waals surface area contributed by atoms with Gasteiger partial charge in [0.05, 0.1) is 0 Å². The molecule has 14 heavy (non-hydrogen) atoms. The number of rotatable bonds is 4. The Morgan fingerprint density at radius 1 is 1.43 bits per heavy atom. The Morgan fingerprint density at radius 2 is 2.21 bits per heavy atom. The maximum absolute atomic E-state index is 5.67. The average Bonchev–Trinajstić information content (AvgIpc) is 2.15. The van der Waals surface area contributed by atoms with Crippen molar-refractivity contribution in [3.05, 3.63) is 35.4 Å². The van der Waals surface area contributed by atoms with E-state index in [0.29, 0.717) is 0 Å². The number of hydrogen-bond acceptors (Lipinski definition) is 2. The molecule has 0 saturated carbocycles. The first kappa shape index (κ1) is 10.8. The number of nitrogen functional groups attached to an aromatic ring is 1. The van der Waals surface area contributed by atoms with Gasteiger partial charge in [-0.3, -0.25) is 0 Å². The van der Waals surface area contributed by atoms with Crippen molar-refractivity contribution < 1.29 is 0 Å². The highest BCUT2D eigenvalue weighted by atomic mass is 14.8. The summed E-state index contributed by atoms with van der Waals surface area (Å²) >= 11 is 0. The zero-order valence-corrected chi connectivity index (χ0v) is 8.88. The summed E-state index contributed by atoms with van der Waals surface area (Å²) in [5, 5.41) is 3.11. The van der Waals surface area contributed by atoms with Crippen LogP contribution in [0, 0.1) is 6.92 Å². The molecule has 0 saturated heterocycles. The quantitative estimate of drug-likeness (QED) is 0.564. The molecule has 0 aliphatic carbocycles.